The minimum Gasteiger partial charge on any atom is -0.493 e. The van der Waals surface area contributed by atoms with E-state index in [9.17, 15) is 14.4 Å². The lowest BCUT2D eigenvalue weighted by Crippen LogP contribution is -2.34. The molecule has 0 spiro atoms. The smallest absolute Gasteiger partial charge is 0.338 e. The number of esters is 1. The summed E-state index contributed by atoms with van der Waals surface area (Å²) in [5.41, 5.74) is 2.56. The number of nitrogens with one attached hydrogen (secondary N) is 2. The Balaban J connectivity index is 1.74. The van der Waals surface area contributed by atoms with Crippen LogP contribution in [0.3, 0.4) is 0 Å². The first-order valence-corrected chi connectivity index (χ1v) is 10.9. The van der Waals surface area contributed by atoms with Gasteiger partial charge < -0.3 is 24.8 Å². The third kappa shape index (κ3) is 9.22. The quantitative estimate of drug-likeness (QED) is 0.376. The molecule has 0 unspecified atom stereocenters. The van der Waals surface area contributed by atoms with Crippen molar-refractivity contribution >= 4 is 17.8 Å². The number of benzene rings is 2. The van der Waals surface area contributed by atoms with Crippen LogP contribution in [0.25, 0.3) is 0 Å². The summed E-state index contributed by atoms with van der Waals surface area (Å²) in [7, 11) is 1.44. The average molecular weight is 457 g/mol. The van der Waals surface area contributed by atoms with Gasteiger partial charge in [-0.2, -0.15) is 0 Å². The molecule has 0 fully saturated rings. The zero-order valence-corrected chi connectivity index (χ0v) is 19.6. The van der Waals surface area contributed by atoms with Gasteiger partial charge in [0.25, 0.3) is 5.91 Å². The molecule has 33 heavy (non-hydrogen) atoms. The highest BCUT2D eigenvalue weighted by Gasteiger charge is 2.14. The van der Waals surface area contributed by atoms with Crippen LogP contribution in [0.5, 0.6) is 11.5 Å². The lowest BCUT2D eigenvalue weighted by molar-refractivity contribution is -0.123. The third-order valence-corrected chi connectivity index (χ3v) is 4.63. The Morgan fingerprint density at radius 1 is 0.970 bits per heavy atom. The van der Waals surface area contributed by atoms with E-state index < -0.39 is 5.97 Å². The number of hydrogen-bond donors (Lipinski definition) is 2. The summed E-state index contributed by atoms with van der Waals surface area (Å²) in [4.78, 5) is 36.0. The normalized spacial score (nSPS) is 10.5. The van der Waals surface area contributed by atoms with Crippen molar-refractivity contribution in [1.29, 1.82) is 0 Å². The molecule has 0 atom stereocenters. The molecule has 0 aliphatic carbocycles. The lowest BCUT2D eigenvalue weighted by Gasteiger charge is -2.13. The molecule has 0 aliphatic heterocycles. The number of rotatable bonds is 12. The molecule has 178 valence electrons. The molecule has 0 saturated heterocycles. The van der Waals surface area contributed by atoms with Crippen molar-refractivity contribution in [3.63, 3.8) is 0 Å². The Hall–Kier alpha value is -3.55. The monoisotopic (exact) mass is 456 g/mol. The predicted molar refractivity (Wildman–Crippen MR) is 125 cm³/mol. The van der Waals surface area contributed by atoms with E-state index in [-0.39, 0.29) is 43.2 Å². The van der Waals surface area contributed by atoms with E-state index in [4.69, 9.17) is 14.2 Å². The van der Waals surface area contributed by atoms with Crippen LogP contribution < -0.4 is 20.1 Å². The van der Waals surface area contributed by atoms with Crippen molar-refractivity contribution < 1.29 is 28.6 Å². The van der Waals surface area contributed by atoms with Gasteiger partial charge in [0.15, 0.2) is 18.1 Å². The van der Waals surface area contributed by atoms with Crippen LogP contribution in [0.15, 0.2) is 42.5 Å². The van der Waals surface area contributed by atoms with Crippen LogP contribution in [0, 0.1) is 6.92 Å². The number of hydrogen-bond acceptors (Lipinski definition) is 6. The van der Waals surface area contributed by atoms with Crippen molar-refractivity contribution in [2.45, 2.75) is 39.7 Å². The van der Waals surface area contributed by atoms with Gasteiger partial charge in [-0.1, -0.05) is 29.8 Å². The van der Waals surface area contributed by atoms with E-state index in [1.165, 1.54) is 24.8 Å². The maximum Gasteiger partial charge on any atom is 0.338 e. The molecule has 2 rings (SSSR count). The van der Waals surface area contributed by atoms with Gasteiger partial charge in [0.1, 0.15) is 6.61 Å². The summed E-state index contributed by atoms with van der Waals surface area (Å²) in [5.74, 6) is -0.251. The zero-order valence-electron chi connectivity index (χ0n) is 19.6. The maximum atomic E-state index is 12.3. The molecule has 2 aromatic carbocycles. The zero-order chi connectivity index (χ0) is 24.2. The number of methoxy groups -OCH3 is 1. The molecule has 2 amide bonds. The van der Waals surface area contributed by atoms with Gasteiger partial charge in [-0.25, -0.2) is 4.79 Å². The summed E-state index contributed by atoms with van der Waals surface area (Å²) in [6, 6.07) is 12.6. The van der Waals surface area contributed by atoms with Gasteiger partial charge in [-0.15, -0.1) is 0 Å². The van der Waals surface area contributed by atoms with Gasteiger partial charge >= 0.3 is 5.97 Å². The first-order chi connectivity index (χ1) is 15.8. The van der Waals surface area contributed by atoms with Crippen LogP contribution in [-0.2, 0) is 20.7 Å². The highest BCUT2D eigenvalue weighted by molar-refractivity contribution is 5.90. The molecule has 0 aliphatic rings. The predicted octanol–water partition coefficient (Wildman–Crippen LogP) is 2.81. The second-order valence-electron chi connectivity index (χ2n) is 7.85. The summed E-state index contributed by atoms with van der Waals surface area (Å²) in [6.07, 6.45) is 1.02. The third-order valence-electron chi connectivity index (χ3n) is 4.63. The van der Waals surface area contributed by atoms with E-state index in [0.717, 1.165) is 5.56 Å². The fourth-order valence-electron chi connectivity index (χ4n) is 2.94. The van der Waals surface area contributed by atoms with Crippen molar-refractivity contribution in [2.24, 2.45) is 0 Å². The van der Waals surface area contributed by atoms with Crippen LogP contribution >= 0.6 is 0 Å². The summed E-state index contributed by atoms with van der Waals surface area (Å²) < 4.78 is 16.0. The fraction of sp³-hybridized carbons (Fsp3) is 0.400. The van der Waals surface area contributed by atoms with E-state index in [2.05, 4.69) is 10.6 Å². The maximum absolute atomic E-state index is 12.3. The second-order valence-corrected chi connectivity index (χ2v) is 7.85. The van der Waals surface area contributed by atoms with Crippen molar-refractivity contribution in [2.75, 3.05) is 26.9 Å². The van der Waals surface area contributed by atoms with Crippen molar-refractivity contribution in [3.8, 4) is 11.5 Å². The highest BCUT2D eigenvalue weighted by atomic mass is 16.5. The molecule has 8 heteroatoms. The van der Waals surface area contributed by atoms with Gasteiger partial charge in [-0.05, 0) is 51.0 Å². The largest absolute Gasteiger partial charge is 0.493 e. The molecule has 0 aromatic heterocycles. The summed E-state index contributed by atoms with van der Waals surface area (Å²) >= 11 is 0. The Morgan fingerprint density at radius 2 is 1.70 bits per heavy atom. The van der Waals surface area contributed by atoms with Crippen molar-refractivity contribution in [3.05, 3.63) is 59.2 Å². The topological polar surface area (TPSA) is 103 Å². The first kappa shape index (κ1) is 25.7. The van der Waals surface area contributed by atoms with Crippen molar-refractivity contribution in [1.82, 2.24) is 10.6 Å². The van der Waals surface area contributed by atoms with Crippen LogP contribution in [0.1, 0.15) is 41.8 Å². The second kappa shape index (κ2) is 13.1. The molecule has 0 bridgehead atoms. The Labute approximate surface area is 194 Å². The van der Waals surface area contributed by atoms with Gasteiger partial charge in [0.2, 0.25) is 5.91 Å². The Bertz CT molecular complexity index is 940. The van der Waals surface area contributed by atoms with E-state index in [1.807, 2.05) is 45.0 Å². The Morgan fingerprint density at radius 3 is 2.36 bits per heavy atom. The number of ether oxygens (including phenoxy) is 3. The highest BCUT2D eigenvalue weighted by Crippen LogP contribution is 2.28. The van der Waals surface area contributed by atoms with E-state index in [1.54, 1.807) is 6.07 Å². The fourth-order valence-corrected chi connectivity index (χ4v) is 2.94. The summed E-state index contributed by atoms with van der Waals surface area (Å²) in [6.45, 7) is 5.84. The molecular weight excluding hydrogens is 424 g/mol. The van der Waals surface area contributed by atoms with E-state index >= 15 is 0 Å². The number of aryl methyl sites for hydroxylation is 2. The lowest BCUT2D eigenvalue weighted by atomic mass is 10.1. The Kier molecular flexibility index (Phi) is 10.2. The number of carbonyl (C=O) groups excluding carboxylic acids is 3. The first-order valence-electron chi connectivity index (χ1n) is 10.9. The molecule has 2 N–H and O–H groups in total. The molecular formula is C25H32N2O6. The van der Waals surface area contributed by atoms with Crippen LogP contribution in [-0.4, -0.2) is 50.7 Å². The number of carbonyl (C=O) groups is 3. The molecule has 2 aromatic rings. The standard InChI is InChI=1S/C25H32N2O6/c1-17(2)27-24(29)16-33-21-11-10-20(15-22(21)31-4)25(30)32-14-13-26-23(28)12-9-19-7-5-18(3)6-8-19/h5-8,10-11,15,17H,9,12-14,16H2,1-4H3,(H,26,28)(H,27,29). The molecule has 8 nitrogen and oxygen atoms in total. The van der Waals surface area contributed by atoms with Crippen LogP contribution in [0.4, 0.5) is 0 Å². The van der Waals surface area contributed by atoms with Gasteiger partial charge in [0.05, 0.1) is 19.2 Å². The van der Waals surface area contributed by atoms with Gasteiger partial charge in [-0.3, -0.25) is 9.59 Å². The summed E-state index contributed by atoms with van der Waals surface area (Å²) in [5, 5.41) is 5.47. The number of amides is 2. The molecule has 0 heterocycles. The molecule has 0 saturated carbocycles. The van der Waals surface area contributed by atoms with Crippen LogP contribution in [0.2, 0.25) is 0 Å². The average Bonchev–Trinajstić information content (AvgIpc) is 2.79. The SMILES string of the molecule is COc1cc(C(=O)OCCNC(=O)CCc2ccc(C)cc2)ccc1OCC(=O)NC(C)C. The van der Waals surface area contributed by atoms with E-state index in [0.29, 0.717) is 24.3 Å². The molecule has 0 radical (unpaired) electrons. The minimum atomic E-state index is -0.550. The minimum absolute atomic E-state index is 0.0121. The van der Waals surface area contributed by atoms with Gasteiger partial charge in [0, 0.05) is 12.5 Å².